The second-order valence-electron chi connectivity index (χ2n) is 13.0. The Bertz CT molecular complexity index is 1830. The van der Waals surface area contributed by atoms with Gasteiger partial charge in [0.1, 0.15) is 5.75 Å². The molecule has 6 aromatic rings. The minimum atomic E-state index is -3.47. The van der Waals surface area contributed by atoms with Crippen LogP contribution in [0, 0.1) is 0 Å². The lowest BCUT2D eigenvalue weighted by atomic mass is 9.64. The molecule has 236 valence electrons. The molecule has 0 heterocycles. The lowest BCUT2D eigenvalue weighted by molar-refractivity contribution is 0.446. The molecule has 0 aliphatic heterocycles. The minimum absolute atomic E-state index is 0.151. The number of phenolic OH excluding ortho intramolecular Hbond substituents is 1. The molecule has 47 heavy (non-hydrogen) atoms. The molecule has 3 nitrogen and oxygen atoms in total. The molecular formula is C43H42NO2P. The van der Waals surface area contributed by atoms with E-state index in [1.807, 2.05) is 90.5 Å². The van der Waals surface area contributed by atoms with Crippen LogP contribution >= 0.6 is 7.29 Å². The third-order valence-corrected chi connectivity index (χ3v) is 12.3. The maximum Gasteiger partial charge on any atom is 0.229 e. The molecule has 0 unspecified atom stereocenters. The molecule has 0 saturated heterocycles. The van der Waals surface area contributed by atoms with Crippen molar-refractivity contribution in [2.24, 2.45) is 0 Å². The molecule has 0 spiro atoms. The fraction of sp³-hybridized carbons (Fsp3) is 0.163. The highest BCUT2D eigenvalue weighted by Crippen LogP contribution is 2.56. The lowest BCUT2D eigenvalue weighted by Gasteiger charge is -2.40. The molecule has 0 aliphatic rings. The average molecular weight is 636 g/mol. The van der Waals surface area contributed by atoms with Crippen molar-refractivity contribution >= 4 is 23.6 Å². The van der Waals surface area contributed by atoms with Gasteiger partial charge in [0.25, 0.3) is 0 Å². The molecule has 0 radical (unpaired) electrons. The van der Waals surface area contributed by atoms with E-state index in [-0.39, 0.29) is 5.75 Å². The fourth-order valence-electron chi connectivity index (χ4n) is 6.88. The lowest BCUT2D eigenvalue weighted by Crippen LogP contribution is -2.34. The van der Waals surface area contributed by atoms with Gasteiger partial charge in [0.15, 0.2) is 0 Å². The first-order valence-corrected chi connectivity index (χ1v) is 17.9. The molecule has 0 fully saturated rings. The molecule has 0 bridgehead atoms. The van der Waals surface area contributed by atoms with Crippen LogP contribution in [-0.2, 0) is 15.4 Å². The van der Waals surface area contributed by atoms with Crippen molar-refractivity contribution in [1.82, 2.24) is 0 Å². The summed E-state index contributed by atoms with van der Waals surface area (Å²) in [5.74, 6) is 0.151. The van der Waals surface area contributed by atoms with Gasteiger partial charge in [-0.05, 0) is 71.0 Å². The van der Waals surface area contributed by atoms with Crippen LogP contribution in [0.15, 0.2) is 164 Å². The normalized spacial score (nSPS) is 12.1. The van der Waals surface area contributed by atoms with Crippen LogP contribution in [-0.4, -0.2) is 11.7 Å². The monoisotopic (exact) mass is 635 g/mol. The van der Waals surface area contributed by atoms with Gasteiger partial charge in [0.2, 0.25) is 7.29 Å². The zero-order valence-electron chi connectivity index (χ0n) is 27.5. The molecule has 0 atom stereocenters. The molecular weight excluding hydrogens is 593 g/mol. The van der Waals surface area contributed by atoms with Crippen LogP contribution in [0.3, 0.4) is 0 Å². The van der Waals surface area contributed by atoms with Crippen molar-refractivity contribution in [1.29, 1.82) is 0 Å². The number of aromatic hydroxyl groups is 1. The number of phenols is 1. The first-order valence-electron chi connectivity index (χ1n) is 16.3. The van der Waals surface area contributed by atoms with Gasteiger partial charge < -0.3 is 9.78 Å². The third kappa shape index (κ3) is 5.70. The van der Waals surface area contributed by atoms with E-state index in [1.54, 1.807) is 0 Å². The van der Waals surface area contributed by atoms with Gasteiger partial charge in [-0.1, -0.05) is 148 Å². The van der Waals surface area contributed by atoms with Gasteiger partial charge in [-0.2, -0.15) is 0 Å². The second-order valence-corrected chi connectivity index (χ2v) is 15.6. The van der Waals surface area contributed by atoms with Crippen LogP contribution in [0.2, 0.25) is 0 Å². The van der Waals surface area contributed by atoms with E-state index in [9.17, 15) is 5.11 Å². The summed E-state index contributed by atoms with van der Waals surface area (Å²) in [6.45, 7) is 8.79. The number of anilines is 1. The average Bonchev–Trinajstić information content (AvgIpc) is 3.11. The number of nitrogens with zero attached hydrogens (tertiary/aromatic N) is 1. The van der Waals surface area contributed by atoms with Crippen LogP contribution in [0.5, 0.6) is 5.75 Å². The molecule has 0 amide bonds. The van der Waals surface area contributed by atoms with Crippen molar-refractivity contribution in [3.8, 4) is 5.75 Å². The van der Waals surface area contributed by atoms with Crippen molar-refractivity contribution in [3.63, 3.8) is 0 Å². The zero-order valence-corrected chi connectivity index (χ0v) is 28.4. The molecule has 6 aromatic carbocycles. The fourth-order valence-corrected chi connectivity index (χ4v) is 9.74. The highest BCUT2D eigenvalue weighted by atomic mass is 31.2. The van der Waals surface area contributed by atoms with Crippen LogP contribution < -0.4 is 15.3 Å². The maximum absolute atomic E-state index is 15.8. The Morgan fingerprint density at radius 1 is 0.553 bits per heavy atom. The van der Waals surface area contributed by atoms with Crippen LogP contribution in [0.1, 0.15) is 55.5 Å². The van der Waals surface area contributed by atoms with E-state index in [4.69, 9.17) is 0 Å². The van der Waals surface area contributed by atoms with E-state index < -0.39 is 18.1 Å². The third-order valence-electron chi connectivity index (χ3n) is 9.08. The standard InChI is InChI=1S/C43H42NO2P/c1-5-44(47(46,37-27-17-9-18-28-37)38-29-19-10-20-30-38)40-32-36(31-39(41(40)45)42(2,3)4)43(33-21-11-6-12-22-33,34-23-13-7-14-24-34)35-25-15-8-16-26-35/h6-32,45H,5H2,1-4H3. The molecule has 0 aliphatic carbocycles. The molecule has 0 aromatic heterocycles. The molecule has 0 saturated carbocycles. The van der Waals surface area contributed by atoms with Crippen molar-refractivity contribution in [2.75, 3.05) is 11.2 Å². The van der Waals surface area contributed by atoms with Gasteiger partial charge in [-0.3, -0.25) is 4.57 Å². The summed E-state index contributed by atoms with van der Waals surface area (Å²) in [6, 6.07) is 55.3. The molecule has 1 N–H and O–H groups in total. The van der Waals surface area contributed by atoms with E-state index in [2.05, 4.69) is 106 Å². The van der Waals surface area contributed by atoms with E-state index in [1.165, 1.54) is 0 Å². The van der Waals surface area contributed by atoms with E-state index in [0.29, 0.717) is 12.2 Å². The minimum Gasteiger partial charge on any atom is -0.505 e. The van der Waals surface area contributed by atoms with Crippen molar-refractivity contribution < 1.29 is 9.67 Å². The quantitative estimate of drug-likeness (QED) is 0.127. The van der Waals surface area contributed by atoms with Gasteiger partial charge in [0, 0.05) is 22.7 Å². The first kappa shape index (κ1) is 32.1. The Morgan fingerprint density at radius 2 is 0.915 bits per heavy atom. The van der Waals surface area contributed by atoms with Gasteiger partial charge in [-0.15, -0.1) is 0 Å². The Kier molecular flexibility index (Phi) is 8.95. The van der Waals surface area contributed by atoms with Crippen LogP contribution in [0.25, 0.3) is 0 Å². The highest BCUT2D eigenvalue weighted by molar-refractivity contribution is 7.80. The summed E-state index contributed by atoms with van der Waals surface area (Å²) in [5, 5.41) is 13.8. The summed E-state index contributed by atoms with van der Waals surface area (Å²) in [4.78, 5) is 0. The number of hydrogen-bond acceptors (Lipinski definition) is 2. The maximum atomic E-state index is 15.8. The number of rotatable bonds is 9. The Hall–Kier alpha value is -4.85. The first-order chi connectivity index (χ1) is 22.7. The predicted octanol–water partition coefficient (Wildman–Crippen LogP) is 9.83. The summed E-state index contributed by atoms with van der Waals surface area (Å²) in [5.41, 5.74) is 4.48. The zero-order chi connectivity index (χ0) is 33.1. The molecule has 6 rings (SSSR count). The number of hydrogen-bond donors (Lipinski definition) is 1. The summed E-state index contributed by atoms with van der Waals surface area (Å²) in [7, 11) is -3.47. The van der Waals surface area contributed by atoms with Crippen LogP contribution in [0.4, 0.5) is 5.69 Å². The van der Waals surface area contributed by atoms with Crippen molar-refractivity contribution in [3.05, 3.63) is 192 Å². The summed E-state index contributed by atoms with van der Waals surface area (Å²) >= 11 is 0. The van der Waals surface area contributed by atoms with E-state index in [0.717, 1.165) is 38.4 Å². The largest absolute Gasteiger partial charge is 0.505 e. The predicted molar refractivity (Wildman–Crippen MR) is 198 cm³/mol. The smallest absolute Gasteiger partial charge is 0.229 e. The highest BCUT2D eigenvalue weighted by Gasteiger charge is 2.42. The Labute approximate surface area is 279 Å². The van der Waals surface area contributed by atoms with Crippen molar-refractivity contribution in [2.45, 2.75) is 38.5 Å². The number of benzene rings is 6. The van der Waals surface area contributed by atoms with Gasteiger partial charge >= 0.3 is 0 Å². The summed E-state index contributed by atoms with van der Waals surface area (Å²) in [6.07, 6.45) is 0. The van der Waals surface area contributed by atoms with E-state index >= 15 is 4.57 Å². The second kappa shape index (κ2) is 13.1. The van der Waals surface area contributed by atoms with Gasteiger partial charge in [0.05, 0.1) is 11.1 Å². The summed E-state index contributed by atoms with van der Waals surface area (Å²) < 4.78 is 17.8. The topological polar surface area (TPSA) is 40.5 Å². The molecule has 4 heteroatoms. The Balaban J connectivity index is 1.76. The SMILES string of the molecule is CCN(c1cc(C(c2ccccc2)(c2ccccc2)c2ccccc2)cc(C(C)(C)C)c1O)P(=O)(c1ccccc1)c1ccccc1. The Morgan fingerprint density at radius 3 is 1.26 bits per heavy atom. The van der Waals surface area contributed by atoms with Gasteiger partial charge in [-0.25, -0.2) is 0 Å².